The zero-order valence-corrected chi connectivity index (χ0v) is 13.1. The van der Waals surface area contributed by atoms with E-state index in [1.807, 2.05) is 55.5 Å². The van der Waals surface area contributed by atoms with Gasteiger partial charge in [-0.25, -0.2) is 0 Å². The number of carbonyl (C=O) groups is 1. The average molecular weight is 320 g/mol. The maximum Gasteiger partial charge on any atom is 0.251 e. The molecule has 2 N–H and O–H groups in total. The number of nitrogens with zero attached hydrogens (tertiary/aromatic N) is 2. The molecule has 0 aliphatic carbocycles. The third kappa shape index (κ3) is 2.62. The number of amides is 1. The van der Waals surface area contributed by atoms with Crippen molar-refractivity contribution in [2.75, 3.05) is 5.32 Å². The molecule has 0 bridgehead atoms. The van der Waals surface area contributed by atoms with Gasteiger partial charge in [0.1, 0.15) is 6.04 Å². The van der Waals surface area contributed by atoms with Crippen molar-refractivity contribution < 1.29 is 9.21 Å². The highest BCUT2D eigenvalue weighted by Gasteiger charge is 2.20. The Bertz CT molecular complexity index is 889. The first kappa shape index (κ1) is 14.4. The van der Waals surface area contributed by atoms with Crippen molar-refractivity contribution in [1.29, 1.82) is 0 Å². The second-order valence-corrected chi connectivity index (χ2v) is 5.73. The van der Waals surface area contributed by atoms with E-state index in [1.54, 1.807) is 0 Å². The Morgan fingerprint density at radius 1 is 1.17 bits per heavy atom. The molecule has 0 radical (unpaired) electrons. The molecule has 6 heteroatoms. The average Bonchev–Trinajstić information content (AvgIpc) is 3.24. The lowest BCUT2D eigenvalue weighted by Gasteiger charge is -2.12. The molecule has 0 unspecified atom stereocenters. The summed E-state index contributed by atoms with van der Waals surface area (Å²) in [6.07, 6.45) is 0. The van der Waals surface area contributed by atoms with Crippen molar-refractivity contribution >= 4 is 11.6 Å². The van der Waals surface area contributed by atoms with Crippen LogP contribution in [0.3, 0.4) is 0 Å². The van der Waals surface area contributed by atoms with Crippen molar-refractivity contribution in [2.24, 2.45) is 0 Å². The van der Waals surface area contributed by atoms with Crippen LogP contribution in [0.4, 0.5) is 5.69 Å². The van der Waals surface area contributed by atoms with Crippen LogP contribution in [0.2, 0.25) is 0 Å². The molecule has 1 atom stereocenters. The lowest BCUT2D eigenvalue weighted by Crippen LogP contribution is -2.12. The molecule has 1 amide bonds. The van der Waals surface area contributed by atoms with E-state index >= 15 is 0 Å². The first-order chi connectivity index (χ1) is 11.7. The minimum Gasteiger partial charge on any atom is -0.418 e. The van der Waals surface area contributed by atoms with E-state index in [0.717, 1.165) is 16.8 Å². The van der Waals surface area contributed by atoms with E-state index in [1.165, 1.54) is 0 Å². The summed E-state index contributed by atoms with van der Waals surface area (Å²) in [5.74, 6) is 0.955. The SMILES string of the molecule is C[C@H](Nc1ccc2c(c1)C(=O)NC2)c1nnc(-c2ccccc2)o1. The van der Waals surface area contributed by atoms with Crippen LogP contribution in [0.25, 0.3) is 11.5 Å². The van der Waals surface area contributed by atoms with Crippen molar-refractivity contribution in [3.63, 3.8) is 0 Å². The van der Waals surface area contributed by atoms with Crippen LogP contribution in [0.1, 0.15) is 34.8 Å². The maximum atomic E-state index is 11.8. The highest BCUT2D eigenvalue weighted by Crippen LogP contribution is 2.25. The molecule has 120 valence electrons. The van der Waals surface area contributed by atoms with Crippen molar-refractivity contribution in [2.45, 2.75) is 19.5 Å². The Morgan fingerprint density at radius 2 is 2.00 bits per heavy atom. The van der Waals surface area contributed by atoms with Crippen molar-refractivity contribution in [3.8, 4) is 11.5 Å². The molecule has 2 aromatic carbocycles. The topological polar surface area (TPSA) is 80.0 Å². The Hall–Kier alpha value is -3.15. The molecule has 24 heavy (non-hydrogen) atoms. The molecular weight excluding hydrogens is 304 g/mol. The van der Waals surface area contributed by atoms with Gasteiger partial charge in [-0.05, 0) is 36.8 Å². The first-order valence-corrected chi connectivity index (χ1v) is 7.77. The Balaban J connectivity index is 1.53. The minimum absolute atomic E-state index is 0.0366. The second kappa shape index (κ2) is 5.81. The van der Waals surface area contributed by atoms with Gasteiger partial charge in [0.15, 0.2) is 0 Å². The van der Waals surface area contributed by atoms with E-state index in [-0.39, 0.29) is 11.9 Å². The molecule has 1 aromatic heterocycles. The number of carbonyl (C=O) groups excluding carboxylic acids is 1. The number of aromatic nitrogens is 2. The largest absolute Gasteiger partial charge is 0.418 e. The maximum absolute atomic E-state index is 11.8. The number of hydrogen-bond acceptors (Lipinski definition) is 5. The summed E-state index contributed by atoms with van der Waals surface area (Å²) in [7, 11) is 0. The fraction of sp³-hybridized carbons (Fsp3) is 0.167. The molecule has 1 aliphatic rings. The molecule has 4 rings (SSSR count). The quantitative estimate of drug-likeness (QED) is 0.772. The summed E-state index contributed by atoms with van der Waals surface area (Å²) >= 11 is 0. The van der Waals surface area contributed by atoms with Crippen LogP contribution < -0.4 is 10.6 Å². The fourth-order valence-corrected chi connectivity index (χ4v) is 2.72. The number of hydrogen-bond donors (Lipinski definition) is 2. The lowest BCUT2D eigenvalue weighted by atomic mass is 10.1. The van der Waals surface area contributed by atoms with Crippen LogP contribution in [0, 0.1) is 0 Å². The van der Waals surface area contributed by atoms with Gasteiger partial charge in [0, 0.05) is 23.4 Å². The Labute approximate surface area is 138 Å². The van der Waals surface area contributed by atoms with E-state index in [9.17, 15) is 4.79 Å². The van der Waals surface area contributed by atoms with Gasteiger partial charge in [-0.3, -0.25) is 4.79 Å². The van der Waals surface area contributed by atoms with E-state index < -0.39 is 0 Å². The molecule has 0 fully saturated rings. The second-order valence-electron chi connectivity index (χ2n) is 5.73. The standard InChI is InChI=1S/C18H16N4O2/c1-11(17-21-22-18(24-17)12-5-3-2-4-6-12)20-14-8-7-13-10-19-16(23)15(13)9-14/h2-9,11,20H,10H2,1H3,(H,19,23)/t11-/m0/s1. The van der Waals surface area contributed by atoms with Gasteiger partial charge in [-0.1, -0.05) is 24.3 Å². The van der Waals surface area contributed by atoms with Crippen molar-refractivity contribution in [3.05, 3.63) is 65.5 Å². The molecule has 2 heterocycles. The third-order valence-corrected chi connectivity index (χ3v) is 4.01. The molecule has 0 saturated heterocycles. The van der Waals surface area contributed by atoms with E-state index in [2.05, 4.69) is 20.8 Å². The zero-order valence-electron chi connectivity index (χ0n) is 13.1. The smallest absolute Gasteiger partial charge is 0.251 e. The summed E-state index contributed by atoms with van der Waals surface area (Å²) in [4.78, 5) is 11.8. The predicted octanol–water partition coefficient (Wildman–Crippen LogP) is 3.15. The minimum atomic E-state index is -0.169. The normalized spacial score (nSPS) is 14.1. The summed E-state index contributed by atoms with van der Waals surface area (Å²) in [6.45, 7) is 2.53. The van der Waals surface area contributed by atoms with E-state index in [4.69, 9.17) is 4.42 Å². The van der Waals surface area contributed by atoms with E-state index in [0.29, 0.717) is 23.9 Å². The monoisotopic (exact) mass is 320 g/mol. The van der Waals surface area contributed by atoms with Crippen LogP contribution >= 0.6 is 0 Å². The van der Waals surface area contributed by atoms with Crippen molar-refractivity contribution in [1.82, 2.24) is 15.5 Å². The lowest BCUT2D eigenvalue weighted by molar-refractivity contribution is 0.0966. The van der Waals surface area contributed by atoms with Crippen LogP contribution in [0.15, 0.2) is 52.9 Å². The van der Waals surface area contributed by atoms with Gasteiger partial charge in [0.25, 0.3) is 5.91 Å². The van der Waals surface area contributed by atoms with Gasteiger partial charge < -0.3 is 15.1 Å². The molecule has 0 saturated carbocycles. The zero-order chi connectivity index (χ0) is 16.5. The molecule has 6 nitrogen and oxygen atoms in total. The van der Waals surface area contributed by atoms with Gasteiger partial charge in [-0.2, -0.15) is 0 Å². The number of nitrogens with one attached hydrogen (secondary N) is 2. The van der Waals surface area contributed by atoms with Gasteiger partial charge in [-0.15, -0.1) is 10.2 Å². The number of rotatable bonds is 4. The molecule has 3 aromatic rings. The Kier molecular flexibility index (Phi) is 3.49. The number of fused-ring (bicyclic) bond motifs is 1. The predicted molar refractivity (Wildman–Crippen MR) is 89.4 cm³/mol. The molecule has 1 aliphatic heterocycles. The summed E-state index contributed by atoms with van der Waals surface area (Å²) < 4.78 is 5.75. The Morgan fingerprint density at radius 3 is 2.83 bits per heavy atom. The third-order valence-electron chi connectivity index (χ3n) is 4.01. The van der Waals surface area contributed by atoms with Gasteiger partial charge >= 0.3 is 0 Å². The summed E-state index contributed by atoms with van der Waals surface area (Å²) in [6, 6.07) is 15.2. The summed E-state index contributed by atoms with van der Waals surface area (Å²) in [5.41, 5.74) is 3.46. The van der Waals surface area contributed by atoms with Crippen LogP contribution in [-0.2, 0) is 6.54 Å². The number of anilines is 1. The van der Waals surface area contributed by atoms with Crippen LogP contribution in [-0.4, -0.2) is 16.1 Å². The highest BCUT2D eigenvalue weighted by molar-refractivity contribution is 5.99. The van der Waals surface area contributed by atoms with Gasteiger partial charge in [0.05, 0.1) is 0 Å². The van der Waals surface area contributed by atoms with Crippen LogP contribution in [0.5, 0.6) is 0 Å². The fourth-order valence-electron chi connectivity index (χ4n) is 2.72. The van der Waals surface area contributed by atoms with Gasteiger partial charge in [0.2, 0.25) is 11.8 Å². The number of benzene rings is 2. The first-order valence-electron chi connectivity index (χ1n) is 7.77. The molecular formula is C18H16N4O2. The highest BCUT2D eigenvalue weighted by atomic mass is 16.4. The summed E-state index contributed by atoms with van der Waals surface area (Å²) in [5, 5.41) is 14.3. The molecule has 0 spiro atoms.